The molecule has 1 aromatic carbocycles. The van der Waals surface area contributed by atoms with Gasteiger partial charge in [0.15, 0.2) is 11.5 Å². The van der Waals surface area contributed by atoms with E-state index in [1.54, 1.807) is 18.2 Å². The molecule has 96 valence electrons. The molecule has 2 rings (SSSR count). The fourth-order valence-corrected chi connectivity index (χ4v) is 1.74. The van der Waals surface area contributed by atoms with E-state index in [1.165, 1.54) is 13.3 Å². The smallest absolute Gasteiger partial charge is 0.243 e. The number of nitrogens with one attached hydrogen (secondary N) is 1. The first-order valence-corrected chi connectivity index (χ1v) is 5.91. The van der Waals surface area contributed by atoms with Gasteiger partial charge in [-0.1, -0.05) is 12.5 Å². The highest BCUT2D eigenvalue weighted by Gasteiger charge is 2.24. The van der Waals surface area contributed by atoms with Gasteiger partial charge in [-0.25, -0.2) is 5.43 Å². The first kappa shape index (κ1) is 12.4. The van der Waals surface area contributed by atoms with Gasteiger partial charge >= 0.3 is 0 Å². The van der Waals surface area contributed by atoms with E-state index in [1.807, 2.05) is 0 Å². The number of hydrogen-bond donors (Lipinski definition) is 2. The molecule has 5 nitrogen and oxygen atoms in total. The van der Waals surface area contributed by atoms with Crippen molar-refractivity contribution in [2.24, 2.45) is 11.0 Å². The van der Waals surface area contributed by atoms with Gasteiger partial charge < -0.3 is 9.84 Å². The summed E-state index contributed by atoms with van der Waals surface area (Å²) in [4.78, 5) is 11.5. The molecule has 0 unspecified atom stereocenters. The molecule has 18 heavy (non-hydrogen) atoms. The number of para-hydroxylation sites is 1. The summed E-state index contributed by atoms with van der Waals surface area (Å²) in [6, 6.07) is 5.09. The van der Waals surface area contributed by atoms with Gasteiger partial charge in [0.25, 0.3) is 0 Å². The van der Waals surface area contributed by atoms with Crippen LogP contribution < -0.4 is 10.2 Å². The number of carbonyl (C=O) groups excluding carboxylic acids is 1. The summed E-state index contributed by atoms with van der Waals surface area (Å²) in [5.41, 5.74) is 2.98. The van der Waals surface area contributed by atoms with Crippen molar-refractivity contribution in [2.45, 2.75) is 19.3 Å². The highest BCUT2D eigenvalue weighted by molar-refractivity contribution is 5.86. The molecule has 0 heterocycles. The van der Waals surface area contributed by atoms with Crippen LogP contribution >= 0.6 is 0 Å². The molecule has 0 aliphatic heterocycles. The van der Waals surface area contributed by atoms with Crippen LogP contribution in [0.1, 0.15) is 24.8 Å². The summed E-state index contributed by atoms with van der Waals surface area (Å²) in [7, 11) is 1.48. The minimum absolute atomic E-state index is 0.0154. The van der Waals surface area contributed by atoms with Crippen LogP contribution in [0.5, 0.6) is 11.5 Å². The van der Waals surface area contributed by atoms with Crippen molar-refractivity contribution in [1.29, 1.82) is 0 Å². The molecule has 0 spiro atoms. The summed E-state index contributed by atoms with van der Waals surface area (Å²) in [5.74, 6) is 0.437. The molecule has 0 bridgehead atoms. The van der Waals surface area contributed by atoms with Crippen LogP contribution in [0.3, 0.4) is 0 Å². The molecule has 1 saturated carbocycles. The second-order valence-corrected chi connectivity index (χ2v) is 4.26. The van der Waals surface area contributed by atoms with Crippen LogP contribution in [0.15, 0.2) is 23.3 Å². The maximum Gasteiger partial charge on any atom is 0.243 e. The Morgan fingerprint density at radius 3 is 2.94 bits per heavy atom. The van der Waals surface area contributed by atoms with Gasteiger partial charge in [0.2, 0.25) is 5.91 Å². The molecule has 0 radical (unpaired) electrons. The second kappa shape index (κ2) is 5.53. The highest BCUT2D eigenvalue weighted by Crippen LogP contribution is 2.28. The van der Waals surface area contributed by atoms with Gasteiger partial charge in [0, 0.05) is 11.5 Å². The van der Waals surface area contributed by atoms with Crippen LogP contribution in [0.25, 0.3) is 0 Å². The molecule has 0 aromatic heterocycles. The van der Waals surface area contributed by atoms with E-state index < -0.39 is 0 Å². The Balaban J connectivity index is 1.98. The molecule has 1 aromatic rings. The van der Waals surface area contributed by atoms with E-state index in [4.69, 9.17) is 4.74 Å². The number of benzene rings is 1. The first-order valence-electron chi connectivity index (χ1n) is 5.91. The van der Waals surface area contributed by atoms with Gasteiger partial charge in [0.1, 0.15) is 0 Å². The van der Waals surface area contributed by atoms with Crippen LogP contribution in [-0.4, -0.2) is 24.3 Å². The largest absolute Gasteiger partial charge is 0.504 e. The Morgan fingerprint density at radius 2 is 2.33 bits per heavy atom. The Bertz CT molecular complexity index is 467. The van der Waals surface area contributed by atoms with Gasteiger partial charge in [0.05, 0.1) is 13.3 Å². The van der Waals surface area contributed by atoms with Crippen molar-refractivity contribution in [3.8, 4) is 11.5 Å². The Morgan fingerprint density at radius 1 is 1.56 bits per heavy atom. The number of hydrazone groups is 1. The van der Waals surface area contributed by atoms with E-state index >= 15 is 0 Å². The summed E-state index contributed by atoms with van der Waals surface area (Å²) in [6.07, 6.45) is 4.39. The fraction of sp³-hybridized carbons (Fsp3) is 0.385. The molecular formula is C13H16N2O3. The fourth-order valence-electron chi connectivity index (χ4n) is 1.74. The summed E-state index contributed by atoms with van der Waals surface area (Å²) in [6.45, 7) is 0. The minimum Gasteiger partial charge on any atom is -0.504 e. The summed E-state index contributed by atoms with van der Waals surface area (Å²) in [5, 5.41) is 13.6. The SMILES string of the molecule is COc1cccc(C=NNC(=O)C2CCC2)c1O. The lowest BCUT2D eigenvalue weighted by molar-refractivity contribution is -0.127. The number of amides is 1. The molecule has 1 aliphatic rings. The average molecular weight is 248 g/mol. The maximum absolute atomic E-state index is 11.5. The summed E-state index contributed by atoms with van der Waals surface area (Å²) >= 11 is 0. The molecule has 1 amide bonds. The zero-order chi connectivity index (χ0) is 13.0. The van der Waals surface area contributed by atoms with Crippen LogP contribution in [-0.2, 0) is 4.79 Å². The quantitative estimate of drug-likeness (QED) is 0.628. The number of phenolic OH excluding ortho intramolecular Hbond substituents is 1. The van der Waals surface area contributed by atoms with Crippen molar-refractivity contribution in [3.63, 3.8) is 0 Å². The number of methoxy groups -OCH3 is 1. The van der Waals surface area contributed by atoms with Gasteiger partial charge in [-0.3, -0.25) is 4.79 Å². The van der Waals surface area contributed by atoms with Crippen molar-refractivity contribution in [1.82, 2.24) is 5.43 Å². The van der Waals surface area contributed by atoms with Crippen LogP contribution in [0.2, 0.25) is 0 Å². The highest BCUT2D eigenvalue weighted by atomic mass is 16.5. The van der Waals surface area contributed by atoms with Gasteiger partial charge in [-0.2, -0.15) is 5.10 Å². The van der Waals surface area contributed by atoms with E-state index in [9.17, 15) is 9.90 Å². The van der Waals surface area contributed by atoms with Crippen LogP contribution in [0, 0.1) is 5.92 Å². The normalized spacial score (nSPS) is 15.4. The Kier molecular flexibility index (Phi) is 3.82. The number of phenols is 1. The number of aromatic hydroxyl groups is 1. The van der Waals surface area contributed by atoms with Crippen molar-refractivity contribution in [3.05, 3.63) is 23.8 Å². The Hall–Kier alpha value is -2.04. The number of hydrogen-bond acceptors (Lipinski definition) is 4. The predicted molar refractivity (Wildman–Crippen MR) is 67.7 cm³/mol. The lowest BCUT2D eigenvalue weighted by Crippen LogP contribution is -2.31. The topological polar surface area (TPSA) is 70.9 Å². The van der Waals surface area contributed by atoms with E-state index in [-0.39, 0.29) is 17.6 Å². The zero-order valence-electron chi connectivity index (χ0n) is 10.2. The number of ether oxygens (including phenoxy) is 1. The molecule has 0 saturated heterocycles. The third kappa shape index (κ3) is 2.61. The van der Waals surface area contributed by atoms with E-state index in [0.29, 0.717) is 11.3 Å². The predicted octanol–water partition coefficient (Wildman–Crippen LogP) is 1.65. The molecule has 2 N–H and O–H groups in total. The van der Waals surface area contributed by atoms with Gasteiger partial charge in [-0.05, 0) is 25.0 Å². The van der Waals surface area contributed by atoms with Gasteiger partial charge in [-0.15, -0.1) is 0 Å². The third-order valence-electron chi connectivity index (χ3n) is 3.10. The van der Waals surface area contributed by atoms with Crippen molar-refractivity contribution < 1.29 is 14.6 Å². The average Bonchev–Trinajstić information content (AvgIpc) is 2.29. The number of carbonyl (C=O) groups is 1. The van der Waals surface area contributed by atoms with E-state index in [0.717, 1.165) is 19.3 Å². The van der Waals surface area contributed by atoms with Crippen molar-refractivity contribution in [2.75, 3.05) is 7.11 Å². The monoisotopic (exact) mass is 248 g/mol. The summed E-state index contributed by atoms with van der Waals surface area (Å²) < 4.78 is 4.98. The van der Waals surface area contributed by atoms with Crippen molar-refractivity contribution >= 4 is 12.1 Å². The van der Waals surface area contributed by atoms with E-state index in [2.05, 4.69) is 10.5 Å². The number of nitrogens with zero attached hydrogens (tertiary/aromatic N) is 1. The lowest BCUT2D eigenvalue weighted by atomic mass is 9.85. The molecular weight excluding hydrogens is 232 g/mol. The zero-order valence-corrected chi connectivity index (χ0v) is 10.2. The molecule has 1 aliphatic carbocycles. The first-order chi connectivity index (χ1) is 8.72. The standard InChI is InChI=1S/C13H16N2O3/c1-18-11-7-3-6-10(12(11)16)8-14-15-13(17)9-4-2-5-9/h3,6-9,16H,2,4-5H2,1H3,(H,15,17). The number of rotatable bonds is 4. The lowest BCUT2D eigenvalue weighted by Gasteiger charge is -2.22. The second-order valence-electron chi connectivity index (χ2n) is 4.26. The van der Waals surface area contributed by atoms with Crippen LogP contribution in [0.4, 0.5) is 0 Å². The third-order valence-corrected chi connectivity index (χ3v) is 3.10. The molecule has 1 fully saturated rings. The molecule has 0 atom stereocenters. The Labute approximate surface area is 105 Å². The minimum atomic E-state index is -0.0557. The molecule has 5 heteroatoms. The maximum atomic E-state index is 11.5.